The van der Waals surface area contributed by atoms with E-state index in [0.29, 0.717) is 28.1 Å². The van der Waals surface area contributed by atoms with Crippen LogP contribution in [0.3, 0.4) is 0 Å². The summed E-state index contributed by atoms with van der Waals surface area (Å²) in [6, 6.07) is 16.0. The topological polar surface area (TPSA) is 101 Å². The molecular weight excluding hydrogens is 354 g/mol. The number of carbonyl (C=O) groups is 2. The minimum Gasteiger partial charge on any atom is -0.322 e. The molecule has 4 N–H and O–H groups in total. The van der Waals surface area contributed by atoms with E-state index in [2.05, 4.69) is 25.6 Å². The number of hydrogen-bond acceptors (Lipinski definition) is 3. The number of nitrogens with zero attached hydrogens (tertiary/aromatic N) is 1. The van der Waals surface area contributed by atoms with Crippen LogP contribution in [0.25, 0.3) is 11.2 Å². The highest BCUT2D eigenvalue weighted by Crippen LogP contribution is 2.19. The normalized spacial score (nSPS) is 10.6. The summed E-state index contributed by atoms with van der Waals surface area (Å²) in [6.07, 6.45) is 3.26. The molecule has 0 saturated carbocycles. The molecule has 0 fully saturated rings. The van der Waals surface area contributed by atoms with Crippen LogP contribution in [0.2, 0.25) is 0 Å². The maximum atomic E-state index is 12.7. The molecule has 2 amide bonds. The number of aryl methyl sites for hydroxylation is 1. The highest BCUT2D eigenvalue weighted by molar-refractivity contribution is 6.08. The average Bonchev–Trinajstić information content (AvgIpc) is 3.18. The Balaban J connectivity index is 1.54. The van der Waals surface area contributed by atoms with Gasteiger partial charge in [0.05, 0.1) is 5.69 Å². The Hall–Kier alpha value is -4.00. The van der Waals surface area contributed by atoms with Gasteiger partial charge in [-0.2, -0.15) is 0 Å². The fourth-order valence-electron chi connectivity index (χ4n) is 2.88. The lowest BCUT2D eigenvalue weighted by Gasteiger charge is -2.10. The van der Waals surface area contributed by atoms with Crippen molar-refractivity contribution in [3.8, 4) is 0 Å². The molecule has 0 unspecified atom stereocenters. The summed E-state index contributed by atoms with van der Waals surface area (Å²) in [4.78, 5) is 35.3. The number of imidazole rings is 1. The van der Waals surface area contributed by atoms with Gasteiger partial charge in [0.2, 0.25) is 0 Å². The number of aromatic amines is 2. The van der Waals surface area contributed by atoms with E-state index < -0.39 is 0 Å². The van der Waals surface area contributed by atoms with Gasteiger partial charge in [-0.15, -0.1) is 4.98 Å². The molecule has 0 aliphatic carbocycles. The third-order valence-electron chi connectivity index (χ3n) is 4.36. The smallest absolute Gasteiger partial charge is 0.299 e. The van der Waals surface area contributed by atoms with Crippen LogP contribution in [-0.4, -0.2) is 21.8 Å². The number of benzene rings is 2. The van der Waals surface area contributed by atoms with Gasteiger partial charge < -0.3 is 10.6 Å². The Kier molecular flexibility index (Phi) is 4.55. The molecule has 0 saturated heterocycles. The first-order valence-corrected chi connectivity index (χ1v) is 8.73. The summed E-state index contributed by atoms with van der Waals surface area (Å²) in [5.74, 6) is -0.501. The molecule has 138 valence electrons. The number of rotatable bonds is 4. The van der Waals surface area contributed by atoms with Gasteiger partial charge in [0, 0.05) is 22.9 Å². The van der Waals surface area contributed by atoms with Gasteiger partial charge >= 0.3 is 0 Å². The number of H-pyrrole nitrogens is 2. The quantitative estimate of drug-likeness (QED) is 0.513. The van der Waals surface area contributed by atoms with Crippen molar-refractivity contribution in [1.82, 2.24) is 9.97 Å². The van der Waals surface area contributed by atoms with E-state index in [0.717, 1.165) is 11.1 Å². The summed E-state index contributed by atoms with van der Waals surface area (Å²) < 4.78 is 0. The van der Waals surface area contributed by atoms with Crippen LogP contribution in [0.4, 0.5) is 11.4 Å². The van der Waals surface area contributed by atoms with E-state index in [4.69, 9.17) is 0 Å². The predicted octanol–water partition coefficient (Wildman–Crippen LogP) is 3.19. The second-order valence-corrected chi connectivity index (χ2v) is 6.36. The largest absolute Gasteiger partial charge is 0.322 e. The van der Waals surface area contributed by atoms with Crippen molar-refractivity contribution < 1.29 is 14.6 Å². The van der Waals surface area contributed by atoms with Crippen molar-refractivity contribution >= 4 is 34.4 Å². The standard InChI is InChI=1S/C21H17N5O2/c1-13-7-8-15(25-20(27)14-5-3-2-4-6-14)9-17(13)21(28)26-16-10-18-19(22-11-16)24-12-23-18/h2-12H,1H3,(H,25,27)(H,26,28)(H,22,23,24)/p+1. The van der Waals surface area contributed by atoms with Crippen molar-refractivity contribution in [1.29, 1.82) is 0 Å². The van der Waals surface area contributed by atoms with Gasteiger partial charge in [-0.05, 0) is 36.8 Å². The van der Waals surface area contributed by atoms with E-state index in [1.165, 1.54) is 0 Å². The molecule has 7 nitrogen and oxygen atoms in total. The fourth-order valence-corrected chi connectivity index (χ4v) is 2.88. The van der Waals surface area contributed by atoms with E-state index >= 15 is 0 Å². The lowest BCUT2D eigenvalue weighted by atomic mass is 10.1. The second-order valence-electron chi connectivity index (χ2n) is 6.36. The number of aromatic nitrogens is 3. The van der Waals surface area contributed by atoms with Crippen LogP contribution in [0, 0.1) is 6.92 Å². The van der Waals surface area contributed by atoms with Crippen LogP contribution in [0.1, 0.15) is 26.3 Å². The highest BCUT2D eigenvalue weighted by Gasteiger charge is 2.14. The van der Waals surface area contributed by atoms with Crippen LogP contribution < -0.4 is 15.6 Å². The molecule has 2 aromatic carbocycles. The van der Waals surface area contributed by atoms with Gasteiger partial charge in [0.15, 0.2) is 11.8 Å². The van der Waals surface area contributed by atoms with Gasteiger partial charge in [-0.1, -0.05) is 24.3 Å². The summed E-state index contributed by atoms with van der Waals surface area (Å²) >= 11 is 0. The highest BCUT2D eigenvalue weighted by atomic mass is 16.2. The number of nitrogens with one attached hydrogen (secondary N) is 4. The Bertz CT molecular complexity index is 1170. The zero-order valence-corrected chi connectivity index (χ0v) is 15.1. The number of carbonyl (C=O) groups excluding carboxylic acids is 2. The predicted molar refractivity (Wildman–Crippen MR) is 106 cm³/mol. The minimum atomic E-state index is -0.273. The monoisotopic (exact) mass is 372 g/mol. The van der Waals surface area contributed by atoms with Crippen molar-refractivity contribution in [2.75, 3.05) is 10.6 Å². The third-order valence-corrected chi connectivity index (χ3v) is 4.36. The van der Waals surface area contributed by atoms with E-state index in [9.17, 15) is 9.59 Å². The van der Waals surface area contributed by atoms with Gasteiger partial charge in [-0.3, -0.25) is 14.6 Å². The Morgan fingerprint density at radius 3 is 2.57 bits per heavy atom. The average molecular weight is 372 g/mol. The van der Waals surface area contributed by atoms with E-state index in [1.54, 1.807) is 61.1 Å². The SMILES string of the molecule is Cc1ccc(NC(=O)c2ccccc2)cc1C(=O)Nc1cnc2[nH+]c[nH]c2c1. The third kappa shape index (κ3) is 3.59. The van der Waals surface area contributed by atoms with Crippen molar-refractivity contribution in [3.05, 3.63) is 83.8 Å². The number of hydrogen-bond donors (Lipinski definition) is 3. The van der Waals surface area contributed by atoms with Crippen molar-refractivity contribution in [3.63, 3.8) is 0 Å². The summed E-state index contributed by atoms with van der Waals surface area (Å²) in [7, 11) is 0. The maximum absolute atomic E-state index is 12.7. The Morgan fingerprint density at radius 1 is 0.964 bits per heavy atom. The van der Waals surface area contributed by atoms with Crippen molar-refractivity contribution in [2.24, 2.45) is 0 Å². The summed E-state index contributed by atoms with van der Waals surface area (Å²) in [5, 5.41) is 5.67. The molecule has 0 aliphatic rings. The van der Waals surface area contributed by atoms with E-state index in [-0.39, 0.29) is 11.8 Å². The molecular formula is C21H18N5O2+. The first-order chi connectivity index (χ1) is 13.6. The summed E-state index contributed by atoms with van der Waals surface area (Å²) in [6.45, 7) is 1.85. The number of fused-ring (bicyclic) bond motifs is 1. The lowest BCUT2D eigenvalue weighted by molar-refractivity contribution is -0.347. The molecule has 0 bridgehead atoms. The Morgan fingerprint density at radius 2 is 1.75 bits per heavy atom. The second kappa shape index (κ2) is 7.32. The fraction of sp³-hybridized carbons (Fsp3) is 0.0476. The molecule has 0 spiro atoms. The van der Waals surface area contributed by atoms with Gasteiger partial charge in [0.1, 0.15) is 6.20 Å². The zero-order valence-electron chi connectivity index (χ0n) is 15.1. The summed E-state index contributed by atoms with van der Waals surface area (Å²) in [5.41, 5.74) is 4.46. The number of pyridine rings is 1. The van der Waals surface area contributed by atoms with Crippen LogP contribution >= 0.6 is 0 Å². The van der Waals surface area contributed by atoms with Gasteiger partial charge in [0.25, 0.3) is 17.5 Å². The number of anilines is 2. The minimum absolute atomic E-state index is 0.228. The van der Waals surface area contributed by atoms with Crippen LogP contribution in [-0.2, 0) is 0 Å². The molecule has 0 aliphatic heterocycles. The molecule has 28 heavy (non-hydrogen) atoms. The number of amides is 2. The molecule has 7 heteroatoms. The molecule has 2 aromatic heterocycles. The van der Waals surface area contributed by atoms with Crippen molar-refractivity contribution in [2.45, 2.75) is 6.92 Å². The molecule has 2 heterocycles. The molecule has 4 aromatic rings. The molecule has 4 rings (SSSR count). The molecule has 0 radical (unpaired) electrons. The molecule has 0 atom stereocenters. The Labute approximate surface area is 160 Å². The zero-order chi connectivity index (χ0) is 19.5. The van der Waals surface area contributed by atoms with Crippen LogP contribution in [0.5, 0.6) is 0 Å². The van der Waals surface area contributed by atoms with Crippen LogP contribution in [0.15, 0.2) is 67.1 Å². The first-order valence-electron chi connectivity index (χ1n) is 8.73. The maximum Gasteiger partial charge on any atom is 0.299 e. The van der Waals surface area contributed by atoms with E-state index in [1.807, 2.05) is 13.0 Å². The van der Waals surface area contributed by atoms with Gasteiger partial charge in [-0.25, -0.2) is 4.98 Å². The first kappa shape index (κ1) is 17.4. The lowest BCUT2D eigenvalue weighted by Crippen LogP contribution is -2.16.